The number of carbonyl (C=O) groups is 1. The first-order valence-electron chi connectivity index (χ1n) is 8.25. The molecule has 1 amide bonds. The number of nitrogens with zero attached hydrogens (tertiary/aromatic N) is 2. The first kappa shape index (κ1) is 15.1. The van der Waals surface area contributed by atoms with E-state index in [-0.39, 0.29) is 11.7 Å². The molecule has 2 aromatic carbocycles. The summed E-state index contributed by atoms with van der Waals surface area (Å²) in [6.45, 7) is 3.86. The number of fused-ring (bicyclic) bond motifs is 1. The normalized spacial score (nSPS) is 17.0. The average Bonchev–Trinajstić information content (AvgIpc) is 3.05. The lowest BCUT2D eigenvalue weighted by Gasteiger charge is -2.29. The zero-order valence-corrected chi connectivity index (χ0v) is 13.4. The van der Waals surface area contributed by atoms with E-state index in [0.29, 0.717) is 12.1 Å². The Morgan fingerprint density at radius 2 is 1.75 bits per heavy atom. The van der Waals surface area contributed by atoms with Gasteiger partial charge in [0.25, 0.3) is 5.91 Å². The van der Waals surface area contributed by atoms with Gasteiger partial charge in [-0.3, -0.25) is 4.79 Å². The third-order valence-corrected chi connectivity index (χ3v) is 4.68. The number of amides is 1. The van der Waals surface area contributed by atoms with Gasteiger partial charge in [0.05, 0.1) is 13.2 Å². The summed E-state index contributed by atoms with van der Waals surface area (Å²) in [7, 11) is 0. The van der Waals surface area contributed by atoms with Crippen molar-refractivity contribution in [1.29, 1.82) is 0 Å². The SMILES string of the molecule is O=C(c1ccc(F)cc1)N1CCc2ccc(N3CCOCC3)cc21. The smallest absolute Gasteiger partial charge is 0.258 e. The second-order valence-electron chi connectivity index (χ2n) is 6.13. The van der Waals surface area contributed by atoms with Crippen molar-refractivity contribution in [2.45, 2.75) is 6.42 Å². The quantitative estimate of drug-likeness (QED) is 0.851. The fourth-order valence-electron chi connectivity index (χ4n) is 3.35. The van der Waals surface area contributed by atoms with Crippen molar-refractivity contribution in [2.75, 3.05) is 42.6 Å². The molecule has 4 rings (SSSR count). The van der Waals surface area contributed by atoms with Crippen LogP contribution in [0.1, 0.15) is 15.9 Å². The van der Waals surface area contributed by atoms with Crippen LogP contribution in [0.2, 0.25) is 0 Å². The zero-order chi connectivity index (χ0) is 16.5. The number of carbonyl (C=O) groups excluding carboxylic acids is 1. The molecule has 2 aliphatic rings. The topological polar surface area (TPSA) is 32.8 Å². The van der Waals surface area contributed by atoms with E-state index in [4.69, 9.17) is 4.74 Å². The molecule has 0 aromatic heterocycles. The molecule has 0 N–H and O–H groups in total. The van der Waals surface area contributed by atoms with Crippen LogP contribution in [0.4, 0.5) is 15.8 Å². The van der Waals surface area contributed by atoms with Crippen molar-refractivity contribution in [3.05, 3.63) is 59.4 Å². The maximum absolute atomic E-state index is 13.1. The Bertz CT molecular complexity index is 754. The number of morpholine rings is 1. The molecule has 1 fully saturated rings. The Balaban J connectivity index is 1.62. The summed E-state index contributed by atoms with van der Waals surface area (Å²) >= 11 is 0. The van der Waals surface area contributed by atoms with Crippen molar-refractivity contribution in [3.8, 4) is 0 Å². The third-order valence-electron chi connectivity index (χ3n) is 4.68. The molecule has 2 aromatic rings. The molecule has 0 atom stereocenters. The van der Waals surface area contributed by atoms with Crippen LogP contribution in [0, 0.1) is 5.82 Å². The summed E-state index contributed by atoms with van der Waals surface area (Å²) in [5.74, 6) is -0.407. The van der Waals surface area contributed by atoms with Crippen LogP contribution < -0.4 is 9.80 Å². The Hall–Kier alpha value is -2.40. The predicted octanol–water partition coefficient (Wildman–Crippen LogP) is 2.87. The van der Waals surface area contributed by atoms with Gasteiger partial charge in [-0.1, -0.05) is 6.07 Å². The lowest BCUT2D eigenvalue weighted by Crippen LogP contribution is -2.36. The van der Waals surface area contributed by atoms with E-state index in [9.17, 15) is 9.18 Å². The number of rotatable bonds is 2. The Labute approximate surface area is 140 Å². The molecule has 1 saturated heterocycles. The molecule has 2 heterocycles. The highest BCUT2D eigenvalue weighted by molar-refractivity contribution is 6.07. The average molecular weight is 326 g/mol. The van der Waals surface area contributed by atoms with Crippen LogP contribution in [0.5, 0.6) is 0 Å². The van der Waals surface area contributed by atoms with Crippen molar-refractivity contribution >= 4 is 17.3 Å². The van der Waals surface area contributed by atoms with Gasteiger partial charge >= 0.3 is 0 Å². The van der Waals surface area contributed by atoms with E-state index in [1.165, 1.54) is 17.7 Å². The van der Waals surface area contributed by atoms with E-state index in [1.807, 2.05) is 0 Å². The van der Waals surface area contributed by atoms with Crippen molar-refractivity contribution < 1.29 is 13.9 Å². The van der Waals surface area contributed by atoms with Gasteiger partial charge in [0.2, 0.25) is 0 Å². The standard InChI is InChI=1S/C19H19FN2O2/c20-16-4-1-15(2-5-16)19(23)22-8-7-14-3-6-17(13-18(14)22)21-9-11-24-12-10-21/h1-6,13H,7-12H2. The molecule has 0 saturated carbocycles. The number of benzene rings is 2. The van der Waals surface area contributed by atoms with E-state index >= 15 is 0 Å². The highest BCUT2D eigenvalue weighted by atomic mass is 19.1. The van der Waals surface area contributed by atoms with Gasteiger partial charge in [-0.05, 0) is 48.4 Å². The van der Waals surface area contributed by atoms with E-state index in [1.54, 1.807) is 17.0 Å². The molecule has 0 spiro atoms. The Kier molecular flexibility index (Phi) is 3.94. The number of anilines is 2. The highest BCUT2D eigenvalue weighted by Crippen LogP contribution is 2.33. The molecule has 0 aliphatic carbocycles. The van der Waals surface area contributed by atoms with Crippen LogP contribution in [-0.4, -0.2) is 38.8 Å². The first-order valence-corrected chi connectivity index (χ1v) is 8.25. The van der Waals surface area contributed by atoms with Crippen LogP contribution in [0.15, 0.2) is 42.5 Å². The van der Waals surface area contributed by atoms with Crippen molar-refractivity contribution in [2.24, 2.45) is 0 Å². The van der Waals surface area contributed by atoms with Crippen LogP contribution in [0.3, 0.4) is 0 Å². The van der Waals surface area contributed by atoms with Crippen LogP contribution in [-0.2, 0) is 11.2 Å². The number of halogens is 1. The summed E-state index contributed by atoms with van der Waals surface area (Å²) in [5.41, 5.74) is 3.78. The summed E-state index contributed by atoms with van der Waals surface area (Å²) in [6.07, 6.45) is 0.853. The molecule has 24 heavy (non-hydrogen) atoms. The second-order valence-corrected chi connectivity index (χ2v) is 6.13. The zero-order valence-electron chi connectivity index (χ0n) is 13.4. The van der Waals surface area contributed by atoms with Crippen LogP contribution >= 0.6 is 0 Å². The molecule has 2 aliphatic heterocycles. The molecular formula is C19H19FN2O2. The molecule has 5 heteroatoms. The largest absolute Gasteiger partial charge is 0.378 e. The highest BCUT2D eigenvalue weighted by Gasteiger charge is 2.26. The van der Waals surface area contributed by atoms with Gasteiger partial charge in [-0.15, -0.1) is 0 Å². The minimum Gasteiger partial charge on any atom is -0.378 e. The fourth-order valence-corrected chi connectivity index (χ4v) is 3.35. The van der Waals surface area contributed by atoms with E-state index in [0.717, 1.165) is 44.1 Å². The second kappa shape index (κ2) is 6.24. The molecule has 0 bridgehead atoms. The van der Waals surface area contributed by atoms with Crippen LogP contribution in [0.25, 0.3) is 0 Å². The van der Waals surface area contributed by atoms with Gasteiger partial charge in [0.15, 0.2) is 0 Å². The molecule has 4 nitrogen and oxygen atoms in total. The Morgan fingerprint density at radius 3 is 2.50 bits per heavy atom. The number of ether oxygens (including phenoxy) is 1. The third kappa shape index (κ3) is 2.76. The predicted molar refractivity (Wildman–Crippen MR) is 91.3 cm³/mol. The summed E-state index contributed by atoms with van der Waals surface area (Å²) in [6, 6.07) is 12.1. The molecular weight excluding hydrogens is 307 g/mol. The van der Waals surface area contributed by atoms with Crippen molar-refractivity contribution in [1.82, 2.24) is 0 Å². The summed E-state index contributed by atoms with van der Waals surface area (Å²) in [4.78, 5) is 16.9. The minimum absolute atomic E-state index is 0.0760. The lowest BCUT2D eigenvalue weighted by atomic mass is 10.1. The molecule has 0 radical (unpaired) electrons. The maximum atomic E-state index is 13.1. The summed E-state index contributed by atoms with van der Waals surface area (Å²) < 4.78 is 18.5. The monoisotopic (exact) mass is 326 g/mol. The Morgan fingerprint density at radius 1 is 1.00 bits per heavy atom. The lowest BCUT2D eigenvalue weighted by molar-refractivity contribution is 0.0989. The minimum atomic E-state index is -0.331. The van der Waals surface area contributed by atoms with Crippen molar-refractivity contribution in [3.63, 3.8) is 0 Å². The number of hydrogen-bond acceptors (Lipinski definition) is 3. The fraction of sp³-hybridized carbons (Fsp3) is 0.316. The van der Waals surface area contributed by atoms with Gasteiger partial charge in [0.1, 0.15) is 5.82 Å². The van der Waals surface area contributed by atoms with Gasteiger partial charge in [-0.2, -0.15) is 0 Å². The summed E-state index contributed by atoms with van der Waals surface area (Å²) in [5, 5.41) is 0. The van der Waals surface area contributed by atoms with E-state index < -0.39 is 0 Å². The molecule has 0 unspecified atom stereocenters. The van der Waals surface area contributed by atoms with Gasteiger partial charge in [0, 0.05) is 36.6 Å². The van der Waals surface area contributed by atoms with E-state index in [2.05, 4.69) is 23.1 Å². The maximum Gasteiger partial charge on any atom is 0.258 e. The van der Waals surface area contributed by atoms with Gasteiger partial charge in [-0.25, -0.2) is 4.39 Å². The first-order chi connectivity index (χ1) is 11.7. The molecule has 124 valence electrons. The number of hydrogen-bond donors (Lipinski definition) is 0. The van der Waals surface area contributed by atoms with Gasteiger partial charge < -0.3 is 14.5 Å².